The summed E-state index contributed by atoms with van der Waals surface area (Å²) in [6.45, 7) is 8.03. The van der Waals surface area contributed by atoms with Crippen LogP contribution >= 0.6 is 0 Å². The van der Waals surface area contributed by atoms with E-state index in [1.807, 2.05) is 27.7 Å². The van der Waals surface area contributed by atoms with Crippen LogP contribution in [0.4, 0.5) is 10.2 Å². The highest BCUT2D eigenvalue weighted by atomic mass is 19.1. The molecule has 1 fully saturated rings. The molecule has 1 aliphatic heterocycles. The molecule has 0 saturated carbocycles. The Labute approximate surface area is 201 Å². The van der Waals surface area contributed by atoms with Gasteiger partial charge in [-0.1, -0.05) is 27.7 Å². The summed E-state index contributed by atoms with van der Waals surface area (Å²) in [5.74, 6) is -0.720. The van der Waals surface area contributed by atoms with Crippen molar-refractivity contribution in [2.45, 2.75) is 65.7 Å². The standard InChI is InChI=1S/C14H20FN3O4.C5H10O.C2H2.CH5N.CH4O/c1-8(2)5-12(19)21-7-9-3-4-11(22-9)18-6-10(15)13(16)17-14(18)20;1-5(2)3-4-6;3*1-2/h6,8-9,11H,3-5,7H2,1-2H3,(H2,16,17,20);4-5H,3H2,1-2H3;1-2H;2H2,1H3;2H,1H3. The molecule has 11 heteroatoms. The van der Waals surface area contributed by atoms with Gasteiger partial charge in [0.25, 0.3) is 0 Å². The lowest BCUT2D eigenvalue weighted by Gasteiger charge is -2.16. The number of carbonyl (C=O) groups excluding carboxylic acids is 2. The molecule has 0 aromatic carbocycles. The SMILES string of the molecule is C#C.CC(C)CC(=O)OCC1CCC(n2cc(F)c(N)nc2=O)O1.CC(C)CC=O.CN.CO. The van der Waals surface area contributed by atoms with Gasteiger partial charge in [0.15, 0.2) is 11.6 Å². The van der Waals surface area contributed by atoms with Crippen LogP contribution in [0.2, 0.25) is 0 Å². The largest absolute Gasteiger partial charge is 0.463 e. The second-order valence-electron chi connectivity index (χ2n) is 7.53. The van der Waals surface area contributed by atoms with Gasteiger partial charge >= 0.3 is 11.7 Å². The minimum Gasteiger partial charge on any atom is -0.463 e. The van der Waals surface area contributed by atoms with Crippen LogP contribution < -0.4 is 17.2 Å². The number of aldehydes is 1. The van der Waals surface area contributed by atoms with Crippen molar-refractivity contribution in [1.29, 1.82) is 0 Å². The highest BCUT2D eigenvalue weighted by molar-refractivity contribution is 5.69. The van der Waals surface area contributed by atoms with Gasteiger partial charge in [-0.3, -0.25) is 9.36 Å². The highest BCUT2D eigenvalue weighted by Gasteiger charge is 2.29. The van der Waals surface area contributed by atoms with E-state index in [0.717, 1.165) is 24.2 Å². The van der Waals surface area contributed by atoms with Crippen LogP contribution in [-0.2, 0) is 19.1 Å². The Kier molecular flexibility index (Phi) is 23.2. The van der Waals surface area contributed by atoms with Gasteiger partial charge in [-0.25, -0.2) is 9.18 Å². The van der Waals surface area contributed by atoms with Gasteiger partial charge in [0.1, 0.15) is 19.1 Å². The van der Waals surface area contributed by atoms with E-state index < -0.39 is 23.6 Å². The summed E-state index contributed by atoms with van der Waals surface area (Å²) < 4.78 is 25.2. The first kappa shape index (κ1) is 35.8. The third-order valence-electron chi connectivity index (χ3n) is 3.90. The smallest absolute Gasteiger partial charge is 0.351 e. The van der Waals surface area contributed by atoms with Crippen molar-refractivity contribution in [3.63, 3.8) is 0 Å². The zero-order valence-corrected chi connectivity index (χ0v) is 21.1. The zero-order valence-electron chi connectivity index (χ0n) is 21.1. The van der Waals surface area contributed by atoms with Gasteiger partial charge in [0.05, 0.1) is 12.3 Å². The summed E-state index contributed by atoms with van der Waals surface area (Å²) in [6, 6.07) is 0. The summed E-state index contributed by atoms with van der Waals surface area (Å²) in [7, 11) is 2.50. The molecule has 2 rings (SSSR count). The number of carbonyl (C=O) groups is 2. The van der Waals surface area contributed by atoms with Crippen LogP contribution in [0.15, 0.2) is 11.0 Å². The number of nitrogen functional groups attached to an aromatic ring is 1. The van der Waals surface area contributed by atoms with E-state index in [9.17, 15) is 18.8 Å². The van der Waals surface area contributed by atoms with Crippen molar-refractivity contribution < 1.29 is 28.6 Å². The molecular formula is C23H41FN4O6. The normalized spacial score (nSPS) is 15.8. The Bertz CT molecular complexity index is 753. The second kappa shape index (κ2) is 22.0. The van der Waals surface area contributed by atoms with E-state index in [0.29, 0.717) is 31.6 Å². The van der Waals surface area contributed by atoms with Crippen molar-refractivity contribution in [3.8, 4) is 12.8 Å². The van der Waals surface area contributed by atoms with Gasteiger partial charge in [0.2, 0.25) is 0 Å². The number of nitrogens with zero attached hydrogens (tertiary/aromatic N) is 2. The van der Waals surface area contributed by atoms with Crippen LogP contribution in [0.3, 0.4) is 0 Å². The van der Waals surface area contributed by atoms with E-state index in [4.69, 9.17) is 20.3 Å². The Morgan fingerprint density at radius 1 is 1.29 bits per heavy atom. The lowest BCUT2D eigenvalue weighted by atomic mass is 10.1. The van der Waals surface area contributed by atoms with Crippen molar-refractivity contribution in [1.82, 2.24) is 9.55 Å². The van der Waals surface area contributed by atoms with Crippen LogP contribution in [-0.4, -0.2) is 53.8 Å². The molecule has 34 heavy (non-hydrogen) atoms. The highest BCUT2D eigenvalue weighted by Crippen LogP contribution is 2.27. The number of terminal acetylenes is 1. The predicted molar refractivity (Wildman–Crippen MR) is 130 cm³/mol. The van der Waals surface area contributed by atoms with Gasteiger partial charge in [-0.05, 0) is 31.7 Å². The molecule has 1 aromatic heterocycles. The number of hydrogen-bond donors (Lipinski definition) is 3. The molecule has 0 radical (unpaired) electrons. The molecule has 1 aliphatic rings. The van der Waals surface area contributed by atoms with Crippen LogP contribution in [0.25, 0.3) is 0 Å². The Morgan fingerprint density at radius 3 is 2.29 bits per heavy atom. The monoisotopic (exact) mass is 488 g/mol. The molecule has 5 N–H and O–H groups in total. The number of rotatable bonds is 7. The molecule has 2 atom stereocenters. The fourth-order valence-electron chi connectivity index (χ4n) is 2.45. The van der Waals surface area contributed by atoms with E-state index >= 15 is 0 Å². The first-order valence-electron chi connectivity index (χ1n) is 10.8. The summed E-state index contributed by atoms with van der Waals surface area (Å²) >= 11 is 0. The van der Waals surface area contributed by atoms with Crippen molar-refractivity contribution in [2.24, 2.45) is 17.6 Å². The van der Waals surface area contributed by atoms with Crippen molar-refractivity contribution in [2.75, 3.05) is 26.5 Å². The van der Waals surface area contributed by atoms with E-state index in [-0.39, 0.29) is 24.6 Å². The molecule has 2 unspecified atom stereocenters. The zero-order chi connectivity index (χ0) is 27.3. The predicted octanol–water partition coefficient (Wildman–Crippen LogP) is 1.90. The van der Waals surface area contributed by atoms with E-state index in [2.05, 4.69) is 23.6 Å². The first-order chi connectivity index (χ1) is 16.1. The number of anilines is 1. The maximum absolute atomic E-state index is 13.4. The fraction of sp³-hybridized carbons (Fsp3) is 0.652. The van der Waals surface area contributed by atoms with Crippen LogP contribution in [0, 0.1) is 30.5 Å². The topological polar surface area (TPSA) is 160 Å². The number of nitrogens with two attached hydrogens (primary N) is 2. The van der Waals surface area contributed by atoms with Crippen molar-refractivity contribution in [3.05, 3.63) is 22.5 Å². The average molecular weight is 489 g/mol. The molecule has 2 heterocycles. The third kappa shape index (κ3) is 15.9. The summed E-state index contributed by atoms with van der Waals surface area (Å²) in [6.07, 6.45) is 11.2. The molecular weight excluding hydrogens is 447 g/mol. The number of aromatic nitrogens is 2. The molecule has 1 aromatic rings. The van der Waals surface area contributed by atoms with E-state index in [1.54, 1.807) is 0 Å². The van der Waals surface area contributed by atoms with E-state index in [1.165, 1.54) is 7.05 Å². The van der Waals surface area contributed by atoms with Gasteiger partial charge in [-0.15, -0.1) is 12.8 Å². The van der Waals surface area contributed by atoms with Crippen LogP contribution in [0.5, 0.6) is 0 Å². The minimum atomic E-state index is -0.769. The van der Waals surface area contributed by atoms with Gasteiger partial charge in [-0.2, -0.15) is 4.98 Å². The molecule has 0 bridgehead atoms. The number of aliphatic hydroxyl groups is 1. The Hall–Kier alpha value is -2.81. The minimum absolute atomic E-state index is 0.127. The number of esters is 1. The van der Waals surface area contributed by atoms with Gasteiger partial charge in [0, 0.05) is 20.0 Å². The quantitative estimate of drug-likeness (QED) is 0.296. The maximum Gasteiger partial charge on any atom is 0.351 e. The molecule has 10 nitrogen and oxygen atoms in total. The molecule has 0 amide bonds. The summed E-state index contributed by atoms with van der Waals surface area (Å²) in [4.78, 5) is 36.2. The summed E-state index contributed by atoms with van der Waals surface area (Å²) in [5, 5.41) is 7.00. The lowest BCUT2D eigenvalue weighted by molar-refractivity contribution is -0.149. The molecule has 1 saturated heterocycles. The number of halogens is 1. The summed E-state index contributed by atoms with van der Waals surface area (Å²) in [5.41, 5.74) is 9.07. The number of hydrogen-bond acceptors (Lipinski definition) is 9. The van der Waals surface area contributed by atoms with Gasteiger partial charge < -0.3 is 30.8 Å². The number of ether oxygens (including phenoxy) is 2. The average Bonchev–Trinajstić information content (AvgIpc) is 3.28. The van der Waals surface area contributed by atoms with Crippen LogP contribution in [0.1, 0.15) is 59.6 Å². The van der Waals surface area contributed by atoms with Crippen molar-refractivity contribution >= 4 is 18.1 Å². The first-order valence-corrected chi connectivity index (χ1v) is 10.8. The third-order valence-corrected chi connectivity index (χ3v) is 3.90. The molecule has 196 valence electrons. The molecule has 0 aliphatic carbocycles. The lowest BCUT2D eigenvalue weighted by Crippen LogP contribution is -2.29. The Morgan fingerprint density at radius 2 is 1.85 bits per heavy atom. The number of aliphatic hydroxyl groups excluding tert-OH is 1. The maximum atomic E-state index is 13.4. The fourth-order valence-corrected chi connectivity index (χ4v) is 2.45. The molecule has 0 spiro atoms. The Balaban J connectivity index is -0.000000679. The second-order valence-corrected chi connectivity index (χ2v) is 7.53.